The molecule has 0 heterocycles. The van der Waals surface area contributed by atoms with Crippen molar-refractivity contribution in [3.05, 3.63) is 57.6 Å². The summed E-state index contributed by atoms with van der Waals surface area (Å²) in [5.41, 5.74) is 2.14. The third-order valence-electron chi connectivity index (χ3n) is 15.8. The fourth-order valence-electron chi connectivity index (χ4n) is 10.7. The van der Waals surface area contributed by atoms with Gasteiger partial charge in [0.2, 0.25) is 0 Å². The molecule has 0 aliphatic carbocycles. The lowest BCUT2D eigenvalue weighted by atomic mass is 9.78. The van der Waals surface area contributed by atoms with Gasteiger partial charge in [-0.2, -0.15) is 4.52 Å². The van der Waals surface area contributed by atoms with Gasteiger partial charge in [-0.15, -0.1) is 13.2 Å². The highest BCUT2D eigenvalue weighted by molar-refractivity contribution is 7.42. The van der Waals surface area contributed by atoms with Crippen molar-refractivity contribution in [1.29, 1.82) is 0 Å². The number of rotatable bonds is 45. The van der Waals surface area contributed by atoms with Crippen molar-refractivity contribution in [2.45, 2.75) is 356 Å². The van der Waals surface area contributed by atoms with Crippen LogP contribution in [0.1, 0.15) is 349 Å². The largest absolute Gasteiger partial charge is 0.530 e. The molecule has 7 nitrogen and oxygen atoms in total. The molecule has 474 valence electrons. The molecule has 11 heteroatoms. The quantitative estimate of drug-likeness (QED) is 0.0371. The lowest BCUT2D eigenvalue weighted by Crippen LogP contribution is -2.23. The first-order valence-electron chi connectivity index (χ1n) is 33.3. The first-order chi connectivity index (χ1) is 38.7. The van der Waals surface area contributed by atoms with Crippen molar-refractivity contribution in [2.75, 3.05) is 13.2 Å². The number of hydrogen-bond acceptors (Lipinski definition) is 7. The van der Waals surface area contributed by atoms with Crippen LogP contribution in [-0.2, 0) is 58.1 Å². The van der Waals surface area contributed by atoms with Crippen molar-refractivity contribution in [3.8, 4) is 11.5 Å². The number of carbonyl (C=O) groups is 2. The summed E-state index contributed by atoms with van der Waals surface area (Å²) in [5.74, 6) is 0.0221. The molecule has 0 aromatic heterocycles. The van der Waals surface area contributed by atoms with Gasteiger partial charge in [0.1, 0.15) is 11.5 Å². The molecule has 0 saturated carbocycles. The molecule has 0 spiro atoms. The van der Waals surface area contributed by atoms with Gasteiger partial charge in [-0.3, -0.25) is 9.59 Å². The van der Waals surface area contributed by atoms with E-state index >= 15 is 0 Å². The second kappa shape index (κ2) is 40.5. The van der Waals surface area contributed by atoms with Gasteiger partial charge in [-0.1, -0.05) is 314 Å². The Labute approximate surface area is 502 Å². The molecule has 2 rings (SSSR count). The number of benzene rings is 2. The number of aryl methyl sites for hydroxylation is 2. The SMILES string of the molecule is CCCCCCCCCCCCCCCCCCOC(=O)CCc1cc(C(C)(C)C)c(OP(Oc2c(C(C)(C)C)cc(CCC(=O)OCCCCCCCCCCCCCCCCCC)cc2C(C)(C)C)OC(F)(F)F)c(C(C)(C)C)c1. The summed E-state index contributed by atoms with van der Waals surface area (Å²) in [6.45, 7) is 29.3. The summed E-state index contributed by atoms with van der Waals surface area (Å²) in [6.07, 6.45) is 37.1. The van der Waals surface area contributed by atoms with Gasteiger partial charge in [0.15, 0.2) is 0 Å². The van der Waals surface area contributed by atoms with Crippen LogP contribution in [0.2, 0.25) is 0 Å². The van der Waals surface area contributed by atoms with Crippen molar-refractivity contribution < 1.29 is 45.8 Å². The summed E-state index contributed by atoms with van der Waals surface area (Å²) < 4.78 is 73.2. The van der Waals surface area contributed by atoms with Crippen LogP contribution in [0.15, 0.2) is 24.3 Å². The number of alkyl halides is 3. The van der Waals surface area contributed by atoms with Crippen LogP contribution in [-0.4, -0.2) is 31.5 Å². The van der Waals surface area contributed by atoms with Crippen LogP contribution in [0.5, 0.6) is 11.5 Å². The second-order valence-corrected chi connectivity index (χ2v) is 29.0. The molecule has 82 heavy (non-hydrogen) atoms. The first-order valence-corrected chi connectivity index (χ1v) is 34.4. The minimum Gasteiger partial charge on any atom is -0.466 e. The minimum absolute atomic E-state index is 0.182. The Morgan fingerprint density at radius 3 is 0.793 bits per heavy atom. The van der Waals surface area contributed by atoms with Crippen LogP contribution in [0, 0.1) is 0 Å². The van der Waals surface area contributed by atoms with Crippen molar-refractivity contribution in [2.24, 2.45) is 0 Å². The zero-order valence-corrected chi connectivity index (χ0v) is 56.0. The average molecular weight is 1180 g/mol. The molecule has 2 aromatic carbocycles. The summed E-state index contributed by atoms with van der Waals surface area (Å²) in [4.78, 5) is 26.1. The number of hydrogen-bond donors (Lipinski definition) is 0. The Morgan fingerprint density at radius 1 is 0.366 bits per heavy atom. The van der Waals surface area contributed by atoms with Crippen molar-refractivity contribution in [1.82, 2.24) is 0 Å². The Hall–Kier alpha value is -2.84. The van der Waals surface area contributed by atoms with Gasteiger partial charge in [0.25, 0.3) is 0 Å². The van der Waals surface area contributed by atoms with E-state index in [9.17, 15) is 22.8 Å². The molecule has 0 bridgehead atoms. The fraction of sp³-hybridized carbons (Fsp3) is 0.803. The Morgan fingerprint density at radius 2 is 0.585 bits per heavy atom. The normalized spacial score (nSPS) is 12.6. The van der Waals surface area contributed by atoms with Gasteiger partial charge in [0.05, 0.1) is 13.2 Å². The Kier molecular flexibility index (Phi) is 37.2. The van der Waals surface area contributed by atoms with Crippen LogP contribution in [0.25, 0.3) is 0 Å². The third-order valence-corrected chi connectivity index (χ3v) is 16.8. The molecule has 0 radical (unpaired) electrons. The fourth-order valence-corrected chi connectivity index (χ4v) is 11.7. The predicted octanol–water partition coefficient (Wildman–Crippen LogP) is 23.6. The van der Waals surface area contributed by atoms with Crippen LogP contribution in [0.3, 0.4) is 0 Å². The number of ether oxygens (including phenoxy) is 2. The number of unbranched alkanes of at least 4 members (excludes halogenated alkanes) is 30. The lowest BCUT2D eigenvalue weighted by Gasteiger charge is -2.34. The molecule has 0 N–H and O–H groups in total. The van der Waals surface area contributed by atoms with Crippen molar-refractivity contribution >= 4 is 20.5 Å². The topological polar surface area (TPSA) is 80.3 Å². The van der Waals surface area contributed by atoms with Gasteiger partial charge >= 0.3 is 26.9 Å². The zero-order valence-electron chi connectivity index (χ0n) is 55.1. The van der Waals surface area contributed by atoms with Gasteiger partial charge in [-0.25, -0.2) is 0 Å². The van der Waals surface area contributed by atoms with Gasteiger partial charge in [0, 0.05) is 35.1 Å². The summed E-state index contributed by atoms with van der Waals surface area (Å²) in [5, 5.41) is 0. The van der Waals surface area contributed by atoms with Crippen LogP contribution >= 0.6 is 8.60 Å². The van der Waals surface area contributed by atoms with E-state index in [1.807, 2.05) is 107 Å². The molecule has 0 fully saturated rings. The summed E-state index contributed by atoms with van der Waals surface area (Å²) in [6, 6.07) is 7.76. The van der Waals surface area contributed by atoms with E-state index < -0.39 is 36.6 Å². The number of carbonyl (C=O) groups excluding carboxylic acids is 2. The molecule has 0 saturated heterocycles. The second-order valence-electron chi connectivity index (χ2n) is 28.0. The minimum atomic E-state index is -5.09. The van der Waals surface area contributed by atoms with Crippen LogP contribution < -0.4 is 9.05 Å². The smallest absolute Gasteiger partial charge is 0.466 e. The molecular formula is C71H122F3O7P. The highest BCUT2D eigenvalue weighted by Crippen LogP contribution is 2.54. The zero-order chi connectivity index (χ0) is 61.1. The average Bonchev–Trinajstić information content (AvgIpc) is 3.50. The summed E-state index contributed by atoms with van der Waals surface area (Å²) >= 11 is 0. The monoisotopic (exact) mass is 1170 g/mol. The van der Waals surface area contributed by atoms with E-state index in [4.69, 9.17) is 23.0 Å². The number of halogens is 3. The highest BCUT2D eigenvalue weighted by Gasteiger charge is 2.42. The van der Waals surface area contributed by atoms with Gasteiger partial charge < -0.3 is 18.5 Å². The standard InChI is InChI=1S/C71H122F3O7P/c1-15-17-19-21-23-25-27-29-31-33-35-37-39-41-43-45-51-77-63(75)49-47-57-53-59(67(3,4)5)65(60(54-57)68(6,7)8)79-82(81-71(72,73)74)80-66-61(69(9,10)11)55-58(56-62(66)70(12,13)14)48-50-64(76)78-52-46-44-42-40-38-36-34-32-30-28-26-24-22-20-18-16-2/h53-56H,15-52H2,1-14H3. The van der Waals surface area contributed by atoms with Gasteiger partial charge in [-0.05, 0) is 58.5 Å². The van der Waals surface area contributed by atoms with E-state index in [2.05, 4.69) is 13.8 Å². The van der Waals surface area contributed by atoms with Crippen LogP contribution in [0.4, 0.5) is 13.2 Å². The van der Waals surface area contributed by atoms with Crippen molar-refractivity contribution in [3.63, 3.8) is 0 Å². The predicted molar refractivity (Wildman–Crippen MR) is 341 cm³/mol. The maximum atomic E-state index is 14.6. The molecule has 0 aliphatic rings. The highest BCUT2D eigenvalue weighted by atomic mass is 31.2. The van der Waals surface area contributed by atoms with E-state index in [-0.39, 0.29) is 36.3 Å². The number of esters is 2. The lowest BCUT2D eigenvalue weighted by molar-refractivity contribution is -0.276. The van der Waals surface area contributed by atoms with E-state index in [1.54, 1.807) is 0 Å². The molecule has 0 unspecified atom stereocenters. The molecule has 0 aliphatic heterocycles. The Bertz CT molecular complexity index is 1820. The summed E-state index contributed by atoms with van der Waals surface area (Å²) in [7, 11) is -3.13. The van der Waals surface area contributed by atoms with E-state index in [1.165, 1.54) is 167 Å². The molecule has 0 atom stereocenters. The molecule has 2 aromatic rings. The van der Waals surface area contributed by atoms with E-state index in [0.717, 1.165) is 49.7 Å². The van der Waals surface area contributed by atoms with E-state index in [0.29, 0.717) is 48.3 Å². The third kappa shape index (κ3) is 34.3. The molecular weight excluding hydrogens is 1050 g/mol. The molecule has 0 amide bonds. The maximum absolute atomic E-state index is 14.6. The Balaban J connectivity index is 2.10. The maximum Gasteiger partial charge on any atom is 0.530 e. The first kappa shape index (κ1) is 75.3.